The second kappa shape index (κ2) is 14.5. The number of nitrogens with one attached hydrogen (secondary N) is 1. The summed E-state index contributed by atoms with van der Waals surface area (Å²) < 4.78 is 1.85. The summed E-state index contributed by atoms with van der Waals surface area (Å²) in [5.74, 6) is 1.57. The van der Waals surface area contributed by atoms with E-state index in [2.05, 4.69) is 70.7 Å². The maximum absolute atomic E-state index is 11.6. The van der Waals surface area contributed by atoms with Gasteiger partial charge in [-0.1, -0.05) is 37.3 Å². The predicted molar refractivity (Wildman–Crippen MR) is 180 cm³/mol. The number of benzene rings is 1. The Balaban J connectivity index is 1.33. The minimum absolute atomic E-state index is 0.0541. The summed E-state index contributed by atoms with van der Waals surface area (Å²) in [6, 6.07) is 11.0. The summed E-state index contributed by atoms with van der Waals surface area (Å²) in [5.41, 5.74) is 4.77. The normalized spacial score (nSPS) is 25.0. The van der Waals surface area contributed by atoms with E-state index < -0.39 is 5.97 Å². The highest BCUT2D eigenvalue weighted by Crippen LogP contribution is 2.39. The number of aliphatic hydroxyl groups excluding tert-OH is 1. The Labute approximate surface area is 273 Å². The Hall–Kier alpha value is -3.50. The number of β-amino-alcohol motifs (C(OH)–C–C–N with tert-alkyl or cyclic N) is 1. The number of anilines is 2. The molecule has 1 saturated heterocycles. The molecule has 10 heteroatoms. The number of carboxylic acid groups (broad SMARTS) is 1. The fourth-order valence-electron chi connectivity index (χ4n) is 8.18. The molecule has 3 aromatic rings. The van der Waals surface area contributed by atoms with Crippen molar-refractivity contribution in [2.75, 3.05) is 36.9 Å². The summed E-state index contributed by atoms with van der Waals surface area (Å²) in [6.07, 6.45) is 12.6. The SMILES string of the molecule is CC[C@H](C1CCC(C(=O)O)CC1)N(C)c1nc2c(c(N[C@@H](CN3CCC[C@H](O)C3)c3cnn(C)c3)n1)C[C@H](c1ccccc1)CC2. The molecule has 4 atom stereocenters. The van der Waals surface area contributed by atoms with Gasteiger partial charge >= 0.3 is 5.97 Å². The Morgan fingerprint density at radius 1 is 1.11 bits per heavy atom. The minimum atomic E-state index is -0.662. The summed E-state index contributed by atoms with van der Waals surface area (Å²) in [5, 5.41) is 28.4. The fraction of sp³-hybridized carbons (Fsp3) is 0.611. The molecule has 0 amide bonds. The van der Waals surface area contributed by atoms with Crippen molar-refractivity contribution in [3.63, 3.8) is 0 Å². The lowest BCUT2D eigenvalue weighted by molar-refractivity contribution is -0.143. The molecule has 0 unspecified atom stereocenters. The minimum Gasteiger partial charge on any atom is -0.481 e. The number of rotatable bonds is 11. The highest BCUT2D eigenvalue weighted by Gasteiger charge is 2.34. The second-order valence-corrected chi connectivity index (χ2v) is 13.9. The average Bonchev–Trinajstić information content (AvgIpc) is 3.51. The topological polar surface area (TPSA) is 120 Å². The Kier molecular flexibility index (Phi) is 10.2. The number of nitrogens with zero attached hydrogens (tertiary/aromatic N) is 6. The molecule has 2 aromatic heterocycles. The molecular weight excluding hydrogens is 578 g/mol. The molecule has 3 aliphatic rings. The van der Waals surface area contributed by atoms with E-state index in [0.717, 1.165) is 100 Å². The molecule has 1 aliphatic heterocycles. The maximum atomic E-state index is 11.6. The van der Waals surface area contributed by atoms with Gasteiger partial charge in [-0.2, -0.15) is 10.1 Å². The van der Waals surface area contributed by atoms with Gasteiger partial charge in [0.1, 0.15) is 5.82 Å². The van der Waals surface area contributed by atoms with Crippen molar-refractivity contribution in [3.05, 3.63) is 65.1 Å². The molecule has 3 heterocycles. The molecule has 6 rings (SSSR count). The van der Waals surface area contributed by atoms with Gasteiger partial charge in [0.15, 0.2) is 0 Å². The van der Waals surface area contributed by atoms with E-state index in [1.807, 2.05) is 17.9 Å². The Morgan fingerprint density at radius 2 is 1.89 bits per heavy atom. The van der Waals surface area contributed by atoms with Gasteiger partial charge in [0.05, 0.1) is 30.0 Å². The number of hydrogen-bond donors (Lipinski definition) is 3. The van der Waals surface area contributed by atoms with Crippen molar-refractivity contribution in [1.82, 2.24) is 24.6 Å². The zero-order chi connectivity index (χ0) is 32.2. The van der Waals surface area contributed by atoms with Crippen LogP contribution in [0.25, 0.3) is 0 Å². The van der Waals surface area contributed by atoms with E-state index in [1.54, 1.807) is 0 Å². The van der Waals surface area contributed by atoms with E-state index in [4.69, 9.17) is 9.97 Å². The van der Waals surface area contributed by atoms with E-state index in [9.17, 15) is 15.0 Å². The van der Waals surface area contributed by atoms with Crippen LogP contribution in [0.1, 0.15) is 92.6 Å². The van der Waals surface area contributed by atoms with Crippen LogP contribution in [0.2, 0.25) is 0 Å². The molecule has 0 spiro atoms. The smallest absolute Gasteiger partial charge is 0.306 e. The van der Waals surface area contributed by atoms with Gasteiger partial charge in [0, 0.05) is 50.6 Å². The number of aliphatic hydroxyl groups is 1. The number of hydrogen-bond acceptors (Lipinski definition) is 8. The number of piperidine rings is 1. The number of carboxylic acids is 1. The standard InChI is InChI=1S/C36H51N7O3/c1-4-33(25-12-14-26(15-13-25)35(45)46)42(3)36-39-31-17-16-27(24-9-6-5-7-10-24)19-30(31)34(40-36)38-32(28-20-37-41(2)21-28)23-43-18-8-11-29(44)22-43/h5-7,9-10,20-21,25-27,29,32-33,44H,4,8,11-19,22-23H2,1-3H3,(H,45,46)(H,38,39,40)/t25?,26?,27-,29+,32+,33-/m1/s1. The lowest BCUT2D eigenvalue weighted by atomic mass is 9.77. The Bertz CT molecular complexity index is 1460. The van der Waals surface area contributed by atoms with Crippen molar-refractivity contribution in [1.29, 1.82) is 0 Å². The number of aliphatic carboxylic acids is 1. The largest absolute Gasteiger partial charge is 0.481 e. The van der Waals surface area contributed by atoms with Crippen LogP contribution in [0.3, 0.4) is 0 Å². The van der Waals surface area contributed by atoms with Gasteiger partial charge in [-0.15, -0.1) is 0 Å². The molecule has 0 bridgehead atoms. The molecule has 46 heavy (non-hydrogen) atoms. The van der Waals surface area contributed by atoms with Crippen molar-refractivity contribution in [3.8, 4) is 0 Å². The fourth-order valence-corrected chi connectivity index (χ4v) is 8.18. The molecule has 3 N–H and O–H groups in total. The lowest BCUT2D eigenvalue weighted by Crippen LogP contribution is -2.42. The maximum Gasteiger partial charge on any atom is 0.306 e. The summed E-state index contributed by atoms with van der Waals surface area (Å²) in [6.45, 7) is 4.60. The number of likely N-dealkylation sites (tertiary alicyclic amines) is 1. The summed E-state index contributed by atoms with van der Waals surface area (Å²) in [7, 11) is 4.07. The van der Waals surface area contributed by atoms with Gasteiger partial charge in [0.2, 0.25) is 5.95 Å². The number of aromatic nitrogens is 4. The molecule has 2 aliphatic carbocycles. The monoisotopic (exact) mass is 629 g/mol. The predicted octanol–water partition coefficient (Wildman–Crippen LogP) is 5.20. The van der Waals surface area contributed by atoms with Crippen molar-refractivity contribution >= 4 is 17.7 Å². The van der Waals surface area contributed by atoms with Crippen LogP contribution in [0.4, 0.5) is 11.8 Å². The zero-order valence-electron chi connectivity index (χ0n) is 27.7. The van der Waals surface area contributed by atoms with Gasteiger partial charge in [-0.3, -0.25) is 14.4 Å². The van der Waals surface area contributed by atoms with E-state index >= 15 is 0 Å². The molecule has 10 nitrogen and oxygen atoms in total. The van der Waals surface area contributed by atoms with Gasteiger partial charge in [-0.05, 0) is 88.2 Å². The lowest BCUT2D eigenvalue weighted by Gasteiger charge is -2.38. The molecular formula is C36H51N7O3. The van der Waals surface area contributed by atoms with Crippen LogP contribution in [-0.2, 0) is 24.7 Å². The molecule has 1 saturated carbocycles. The summed E-state index contributed by atoms with van der Waals surface area (Å²) >= 11 is 0. The van der Waals surface area contributed by atoms with E-state index in [1.165, 1.54) is 11.1 Å². The third kappa shape index (κ3) is 7.39. The highest BCUT2D eigenvalue weighted by molar-refractivity contribution is 5.70. The first kappa shape index (κ1) is 32.4. The third-order valence-corrected chi connectivity index (χ3v) is 10.8. The van der Waals surface area contributed by atoms with Gasteiger partial charge in [0.25, 0.3) is 0 Å². The van der Waals surface area contributed by atoms with Crippen LogP contribution in [-0.4, -0.2) is 79.7 Å². The molecule has 1 aromatic carbocycles. The van der Waals surface area contributed by atoms with Crippen LogP contribution < -0.4 is 10.2 Å². The van der Waals surface area contributed by atoms with E-state index in [0.29, 0.717) is 18.4 Å². The van der Waals surface area contributed by atoms with Crippen LogP contribution in [0, 0.1) is 11.8 Å². The van der Waals surface area contributed by atoms with Crippen LogP contribution >= 0.6 is 0 Å². The van der Waals surface area contributed by atoms with Crippen LogP contribution in [0.5, 0.6) is 0 Å². The Morgan fingerprint density at radius 3 is 2.57 bits per heavy atom. The van der Waals surface area contributed by atoms with E-state index in [-0.39, 0.29) is 24.1 Å². The van der Waals surface area contributed by atoms with Crippen molar-refractivity contribution < 1.29 is 15.0 Å². The molecule has 248 valence electrons. The van der Waals surface area contributed by atoms with Gasteiger partial charge < -0.3 is 20.4 Å². The average molecular weight is 630 g/mol. The first-order valence-corrected chi connectivity index (χ1v) is 17.3. The molecule has 2 fully saturated rings. The molecule has 0 radical (unpaired) electrons. The van der Waals surface area contributed by atoms with Crippen molar-refractivity contribution in [2.24, 2.45) is 18.9 Å². The number of carbonyl (C=O) groups is 1. The van der Waals surface area contributed by atoms with Crippen molar-refractivity contribution in [2.45, 2.75) is 95.2 Å². The summed E-state index contributed by atoms with van der Waals surface area (Å²) in [4.78, 5) is 26.8. The first-order chi connectivity index (χ1) is 22.3. The van der Waals surface area contributed by atoms with Crippen LogP contribution in [0.15, 0.2) is 42.7 Å². The quantitative estimate of drug-likeness (QED) is 0.263. The first-order valence-electron chi connectivity index (χ1n) is 17.3. The number of aryl methyl sites for hydroxylation is 2. The second-order valence-electron chi connectivity index (χ2n) is 13.9. The third-order valence-electron chi connectivity index (χ3n) is 10.8. The highest BCUT2D eigenvalue weighted by atomic mass is 16.4. The van der Waals surface area contributed by atoms with Gasteiger partial charge in [-0.25, -0.2) is 4.98 Å². The number of fused-ring (bicyclic) bond motifs is 1. The zero-order valence-corrected chi connectivity index (χ0v) is 27.7.